The molecule has 136 valence electrons. The number of hydrogen-bond donors (Lipinski definition) is 1. The summed E-state index contributed by atoms with van der Waals surface area (Å²) < 4.78 is 38.0. The van der Waals surface area contributed by atoms with Crippen molar-refractivity contribution >= 4 is 5.91 Å². The van der Waals surface area contributed by atoms with Gasteiger partial charge in [0.15, 0.2) is 0 Å². The summed E-state index contributed by atoms with van der Waals surface area (Å²) in [5, 5.41) is 3.09. The van der Waals surface area contributed by atoms with Gasteiger partial charge in [0.2, 0.25) is 0 Å². The normalized spacial score (nSPS) is 34.8. The highest BCUT2D eigenvalue weighted by molar-refractivity contribution is 5.94. The number of nitrogens with one attached hydrogen (secondary N) is 1. The molecule has 0 radical (unpaired) electrons. The lowest BCUT2D eigenvalue weighted by Gasteiger charge is -2.59. The Morgan fingerprint density at radius 1 is 1.04 bits per heavy atom. The van der Waals surface area contributed by atoms with Gasteiger partial charge in [0.25, 0.3) is 5.91 Å². The van der Waals surface area contributed by atoms with Crippen LogP contribution in [-0.4, -0.2) is 11.9 Å². The summed E-state index contributed by atoms with van der Waals surface area (Å²) in [6.45, 7) is 2.08. The van der Waals surface area contributed by atoms with E-state index in [0.717, 1.165) is 29.9 Å². The van der Waals surface area contributed by atoms with E-state index in [4.69, 9.17) is 0 Å². The minimum atomic E-state index is -4.37. The maximum atomic E-state index is 12.7. The van der Waals surface area contributed by atoms with E-state index in [2.05, 4.69) is 12.2 Å². The van der Waals surface area contributed by atoms with Crippen LogP contribution in [0.5, 0.6) is 0 Å². The SMILES string of the molecule is C[C@H](NC(=O)c1ccc(C(F)(F)F)cc1)C12CC3CC(CC(C3)C1)C2. The largest absolute Gasteiger partial charge is 0.416 e. The van der Waals surface area contributed by atoms with Crippen LogP contribution in [0.3, 0.4) is 0 Å². The van der Waals surface area contributed by atoms with E-state index >= 15 is 0 Å². The fraction of sp³-hybridized carbons (Fsp3) is 0.650. The van der Waals surface area contributed by atoms with Gasteiger partial charge in [-0.2, -0.15) is 13.2 Å². The van der Waals surface area contributed by atoms with Crippen LogP contribution in [0.15, 0.2) is 24.3 Å². The molecule has 4 aliphatic rings. The number of carbonyl (C=O) groups excluding carboxylic acids is 1. The Balaban J connectivity index is 1.46. The Bertz CT molecular complexity index is 629. The van der Waals surface area contributed by atoms with E-state index in [1.54, 1.807) is 0 Å². The molecule has 1 aromatic carbocycles. The Morgan fingerprint density at radius 3 is 1.96 bits per heavy atom. The molecule has 0 spiro atoms. The quantitative estimate of drug-likeness (QED) is 0.812. The van der Waals surface area contributed by atoms with Gasteiger partial charge in [0.05, 0.1) is 5.56 Å². The standard InChI is InChI=1S/C20H24F3NO/c1-12(19-9-13-6-14(10-19)8-15(7-13)11-19)24-18(25)16-2-4-17(5-3-16)20(21,22)23/h2-5,12-15H,6-11H2,1H3,(H,24,25)/t12-,13?,14?,15?,19?/m0/s1. The minimum Gasteiger partial charge on any atom is -0.349 e. The highest BCUT2D eigenvalue weighted by atomic mass is 19.4. The fourth-order valence-corrected chi connectivity index (χ4v) is 5.95. The third-order valence-corrected chi connectivity index (χ3v) is 6.83. The van der Waals surface area contributed by atoms with Crippen molar-refractivity contribution < 1.29 is 18.0 Å². The maximum absolute atomic E-state index is 12.7. The van der Waals surface area contributed by atoms with Gasteiger partial charge in [0.1, 0.15) is 0 Å². The van der Waals surface area contributed by atoms with Crippen LogP contribution in [0.25, 0.3) is 0 Å². The van der Waals surface area contributed by atoms with Gasteiger partial charge in [0, 0.05) is 11.6 Å². The molecule has 4 aliphatic carbocycles. The number of halogens is 3. The van der Waals surface area contributed by atoms with Gasteiger partial charge in [-0.05, 0) is 92.9 Å². The zero-order chi connectivity index (χ0) is 17.8. The first-order valence-electron chi connectivity index (χ1n) is 9.23. The van der Waals surface area contributed by atoms with Crippen LogP contribution >= 0.6 is 0 Å². The fourth-order valence-electron chi connectivity index (χ4n) is 5.95. The lowest BCUT2D eigenvalue weighted by molar-refractivity contribution is -0.137. The predicted molar refractivity (Wildman–Crippen MR) is 89.0 cm³/mol. The summed E-state index contributed by atoms with van der Waals surface area (Å²) in [5.74, 6) is 2.14. The predicted octanol–water partition coefficient (Wildman–Crippen LogP) is 5.04. The number of alkyl halides is 3. The van der Waals surface area contributed by atoms with Gasteiger partial charge < -0.3 is 5.32 Å². The second-order valence-corrected chi connectivity index (χ2v) is 8.55. The zero-order valence-corrected chi connectivity index (χ0v) is 14.4. The van der Waals surface area contributed by atoms with Gasteiger partial charge in [-0.15, -0.1) is 0 Å². The molecule has 0 saturated heterocycles. The summed E-state index contributed by atoms with van der Waals surface area (Å²) >= 11 is 0. The van der Waals surface area contributed by atoms with E-state index in [-0.39, 0.29) is 17.4 Å². The van der Waals surface area contributed by atoms with Crippen molar-refractivity contribution in [1.82, 2.24) is 5.32 Å². The zero-order valence-electron chi connectivity index (χ0n) is 14.4. The van der Waals surface area contributed by atoms with E-state index in [1.165, 1.54) is 50.7 Å². The molecule has 2 nitrogen and oxygen atoms in total. The summed E-state index contributed by atoms with van der Waals surface area (Å²) in [4.78, 5) is 12.5. The highest BCUT2D eigenvalue weighted by Gasteiger charge is 2.53. The number of rotatable bonds is 3. The molecule has 1 amide bonds. The summed E-state index contributed by atoms with van der Waals surface area (Å²) in [7, 11) is 0. The lowest BCUT2D eigenvalue weighted by atomic mass is 9.48. The molecule has 4 fully saturated rings. The van der Waals surface area contributed by atoms with E-state index in [0.29, 0.717) is 5.56 Å². The minimum absolute atomic E-state index is 0.0655. The van der Waals surface area contributed by atoms with Crippen LogP contribution in [0.1, 0.15) is 61.4 Å². The first kappa shape index (κ1) is 16.9. The number of amides is 1. The molecule has 1 aromatic rings. The first-order chi connectivity index (χ1) is 11.7. The number of hydrogen-bond acceptors (Lipinski definition) is 1. The molecular formula is C20H24F3NO. The number of benzene rings is 1. The van der Waals surface area contributed by atoms with Crippen molar-refractivity contribution in [1.29, 1.82) is 0 Å². The maximum Gasteiger partial charge on any atom is 0.416 e. The highest BCUT2D eigenvalue weighted by Crippen LogP contribution is 2.61. The molecule has 25 heavy (non-hydrogen) atoms. The lowest BCUT2D eigenvalue weighted by Crippen LogP contribution is -2.55. The third-order valence-electron chi connectivity index (χ3n) is 6.83. The Labute approximate surface area is 146 Å². The van der Waals surface area contributed by atoms with Crippen molar-refractivity contribution in [3.63, 3.8) is 0 Å². The van der Waals surface area contributed by atoms with Crippen LogP contribution in [-0.2, 0) is 6.18 Å². The topological polar surface area (TPSA) is 29.1 Å². The first-order valence-corrected chi connectivity index (χ1v) is 9.23. The number of carbonyl (C=O) groups is 1. The molecule has 5 heteroatoms. The molecule has 4 bridgehead atoms. The molecule has 0 aromatic heterocycles. The van der Waals surface area contributed by atoms with Gasteiger partial charge >= 0.3 is 6.18 Å². The van der Waals surface area contributed by atoms with Crippen LogP contribution < -0.4 is 5.32 Å². The summed E-state index contributed by atoms with van der Waals surface area (Å²) in [6.07, 6.45) is 3.23. The second kappa shape index (κ2) is 5.75. The van der Waals surface area contributed by atoms with Crippen LogP contribution in [0.4, 0.5) is 13.2 Å². The second-order valence-electron chi connectivity index (χ2n) is 8.55. The summed E-state index contributed by atoms with van der Waals surface area (Å²) in [6, 6.07) is 4.56. The van der Waals surface area contributed by atoms with Crippen molar-refractivity contribution in [2.75, 3.05) is 0 Å². The molecule has 1 atom stereocenters. The average molecular weight is 351 g/mol. The van der Waals surface area contributed by atoms with Crippen molar-refractivity contribution in [2.45, 2.75) is 57.7 Å². The van der Waals surface area contributed by atoms with Gasteiger partial charge in [-0.1, -0.05) is 0 Å². The van der Waals surface area contributed by atoms with Crippen molar-refractivity contribution in [3.8, 4) is 0 Å². The van der Waals surface area contributed by atoms with Gasteiger partial charge in [-0.3, -0.25) is 4.79 Å². The Hall–Kier alpha value is -1.52. The smallest absolute Gasteiger partial charge is 0.349 e. The van der Waals surface area contributed by atoms with Crippen molar-refractivity contribution in [2.24, 2.45) is 23.2 Å². The molecule has 0 aliphatic heterocycles. The molecule has 0 heterocycles. The van der Waals surface area contributed by atoms with Crippen LogP contribution in [0.2, 0.25) is 0 Å². The van der Waals surface area contributed by atoms with E-state index < -0.39 is 11.7 Å². The molecule has 5 rings (SSSR count). The Morgan fingerprint density at radius 2 is 1.52 bits per heavy atom. The molecule has 4 saturated carbocycles. The van der Waals surface area contributed by atoms with Gasteiger partial charge in [-0.25, -0.2) is 0 Å². The summed E-state index contributed by atoms with van der Waals surface area (Å²) in [5.41, 5.74) is -0.237. The third kappa shape index (κ3) is 3.06. The molecular weight excluding hydrogens is 327 g/mol. The monoisotopic (exact) mass is 351 g/mol. The van der Waals surface area contributed by atoms with E-state index in [1.807, 2.05) is 0 Å². The molecule has 1 N–H and O–H groups in total. The van der Waals surface area contributed by atoms with Crippen molar-refractivity contribution in [3.05, 3.63) is 35.4 Å². The average Bonchev–Trinajstić information content (AvgIpc) is 2.52. The van der Waals surface area contributed by atoms with E-state index in [9.17, 15) is 18.0 Å². The van der Waals surface area contributed by atoms with Crippen LogP contribution in [0, 0.1) is 23.2 Å². The molecule has 0 unspecified atom stereocenters. The Kier molecular flexibility index (Phi) is 3.89.